The van der Waals surface area contributed by atoms with Crippen molar-refractivity contribution < 1.29 is 0 Å². The molecule has 0 saturated carbocycles. The summed E-state index contributed by atoms with van der Waals surface area (Å²) in [6, 6.07) is 10.8. The molecule has 1 aromatic carbocycles. The molecule has 84 valence electrons. The third-order valence-corrected chi connectivity index (χ3v) is 5.24. The van der Waals surface area contributed by atoms with Crippen LogP contribution in [0.5, 0.6) is 0 Å². The molecule has 2 rings (SSSR count). The van der Waals surface area contributed by atoms with Gasteiger partial charge in [0.2, 0.25) is 0 Å². The first-order valence-electron chi connectivity index (χ1n) is 5.36. The molecule has 16 heavy (non-hydrogen) atoms. The van der Waals surface area contributed by atoms with E-state index in [4.69, 9.17) is 0 Å². The lowest BCUT2D eigenvalue weighted by Crippen LogP contribution is -1.94. The van der Waals surface area contributed by atoms with Crippen molar-refractivity contribution in [1.82, 2.24) is 0 Å². The molecule has 1 atom stereocenters. The Hall–Kier alpha value is -0.600. The Morgan fingerprint density at radius 3 is 2.31 bits per heavy atom. The van der Waals surface area contributed by atoms with E-state index in [1.807, 2.05) is 11.3 Å². The molecule has 0 aliphatic rings. The molecule has 0 saturated heterocycles. The monoisotopic (exact) mass is 294 g/mol. The molecule has 2 aromatic rings. The van der Waals surface area contributed by atoms with Crippen LogP contribution in [0.1, 0.15) is 31.3 Å². The highest BCUT2D eigenvalue weighted by Crippen LogP contribution is 2.38. The van der Waals surface area contributed by atoms with Crippen molar-refractivity contribution in [3.63, 3.8) is 0 Å². The number of alkyl halides is 1. The maximum atomic E-state index is 3.82. The molecule has 0 aliphatic heterocycles. The van der Waals surface area contributed by atoms with E-state index in [-0.39, 0.29) is 0 Å². The number of benzene rings is 1. The number of rotatable bonds is 2. The average molecular weight is 295 g/mol. The quantitative estimate of drug-likeness (QED) is 0.671. The van der Waals surface area contributed by atoms with Crippen LogP contribution in [-0.4, -0.2) is 0 Å². The first-order chi connectivity index (χ1) is 7.59. The second-order valence-electron chi connectivity index (χ2n) is 4.12. The summed E-state index contributed by atoms with van der Waals surface area (Å²) < 4.78 is 0. The summed E-state index contributed by atoms with van der Waals surface area (Å²) in [7, 11) is 0. The Balaban J connectivity index is 2.43. The zero-order valence-corrected chi connectivity index (χ0v) is 12.2. The number of hydrogen-bond acceptors (Lipinski definition) is 1. The highest BCUT2D eigenvalue weighted by molar-refractivity contribution is 9.09. The Kier molecular flexibility index (Phi) is 3.50. The molecule has 0 aliphatic carbocycles. The molecule has 0 amide bonds. The van der Waals surface area contributed by atoms with E-state index in [1.54, 1.807) is 0 Å². The number of aryl methyl sites for hydroxylation is 3. The highest BCUT2D eigenvalue weighted by atomic mass is 79.9. The second kappa shape index (κ2) is 4.72. The Bertz CT molecular complexity index is 499. The minimum Gasteiger partial charge on any atom is -0.144 e. The van der Waals surface area contributed by atoms with Gasteiger partial charge in [-0.1, -0.05) is 40.2 Å². The van der Waals surface area contributed by atoms with E-state index < -0.39 is 0 Å². The summed E-state index contributed by atoms with van der Waals surface area (Å²) in [5, 5.41) is 0. The average Bonchev–Trinajstić information content (AvgIpc) is 2.58. The van der Waals surface area contributed by atoms with Crippen molar-refractivity contribution in [2.45, 2.75) is 25.6 Å². The van der Waals surface area contributed by atoms with Crippen molar-refractivity contribution in [2.75, 3.05) is 0 Å². The Labute approximate surface area is 109 Å². The van der Waals surface area contributed by atoms with E-state index in [0.717, 1.165) is 0 Å². The molecule has 0 N–H and O–H groups in total. The van der Waals surface area contributed by atoms with E-state index in [9.17, 15) is 0 Å². The SMILES string of the molecule is Cc1cc(C)c(C(Br)c2ccccc2C)s1. The molecule has 0 bridgehead atoms. The van der Waals surface area contributed by atoms with Gasteiger partial charge in [-0.05, 0) is 43.5 Å². The normalized spacial score (nSPS) is 12.8. The topological polar surface area (TPSA) is 0 Å². The van der Waals surface area contributed by atoms with Crippen molar-refractivity contribution in [2.24, 2.45) is 0 Å². The van der Waals surface area contributed by atoms with Gasteiger partial charge < -0.3 is 0 Å². The third-order valence-electron chi connectivity index (χ3n) is 2.77. The van der Waals surface area contributed by atoms with Gasteiger partial charge in [0.05, 0.1) is 4.83 Å². The number of hydrogen-bond donors (Lipinski definition) is 0. The van der Waals surface area contributed by atoms with Gasteiger partial charge in [0, 0.05) is 9.75 Å². The zero-order valence-electron chi connectivity index (χ0n) is 9.75. The van der Waals surface area contributed by atoms with E-state index in [0.29, 0.717) is 4.83 Å². The summed E-state index contributed by atoms with van der Waals surface area (Å²) in [6.45, 7) is 6.52. The fourth-order valence-corrected chi connectivity index (χ4v) is 4.11. The van der Waals surface area contributed by atoms with Crippen LogP contribution in [0.2, 0.25) is 0 Å². The molecule has 0 radical (unpaired) electrons. The molecular formula is C14H15BrS. The zero-order chi connectivity index (χ0) is 11.7. The van der Waals surface area contributed by atoms with Gasteiger partial charge in [0.1, 0.15) is 0 Å². The molecule has 0 spiro atoms. The molecule has 0 fully saturated rings. The lowest BCUT2D eigenvalue weighted by Gasteiger charge is -2.12. The third kappa shape index (κ3) is 2.23. The molecule has 1 unspecified atom stereocenters. The summed E-state index contributed by atoms with van der Waals surface area (Å²) in [5.41, 5.74) is 4.09. The van der Waals surface area contributed by atoms with Crippen LogP contribution in [0.25, 0.3) is 0 Å². The van der Waals surface area contributed by atoms with Gasteiger partial charge in [-0.2, -0.15) is 0 Å². The van der Waals surface area contributed by atoms with E-state index >= 15 is 0 Å². The van der Waals surface area contributed by atoms with Crippen LogP contribution < -0.4 is 0 Å². The molecular weight excluding hydrogens is 280 g/mol. The minimum absolute atomic E-state index is 0.326. The van der Waals surface area contributed by atoms with Crippen molar-refractivity contribution in [3.05, 3.63) is 56.8 Å². The van der Waals surface area contributed by atoms with Gasteiger partial charge in [0.15, 0.2) is 0 Å². The Morgan fingerprint density at radius 1 is 1.06 bits per heavy atom. The summed E-state index contributed by atoms with van der Waals surface area (Å²) in [4.78, 5) is 3.13. The van der Waals surface area contributed by atoms with Gasteiger partial charge in [0.25, 0.3) is 0 Å². The minimum atomic E-state index is 0.326. The van der Waals surface area contributed by atoms with Crippen LogP contribution in [0.4, 0.5) is 0 Å². The summed E-state index contributed by atoms with van der Waals surface area (Å²) >= 11 is 5.70. The number of thiophene rings is 1. The Morgan fingerprint density at radius 2 is 1.75 bits per heavy atom. The fraction of sp³-hybridized carbons (Fsp3) is 0.286. The maximum absolute atomic E-state index is 3.82. The first-order valence-corrected chi connectivity index (χ1v) is 7.09. The lowest BCUT2D eigenvalue weighted by molar-refractivity contribution is 1.16. The van der Waals surface area contributed by atoms with Crippen molar-refractivity contribution >= 4 is 27.3 Å². The number of halogens is 1. The van der Waals surface area contributed by atoms with Crippen LogP contribution in [0.3, 0.4) is 0 Å². The maximum Gasteiger partial charge on any atom is 0.0743 e. The van der Waals surface area contributed by atoms with Crippen LogP contribution in [0.15, 0.2) is 30.3 Å². The molecule has 1 aromatic heterocycles. The second-order valence-corrected chi connectivity index (χ2v) is 6.33. The largest absolute Gasteiger partial charge is 0.144 e. The lowest BCUT2D eigenvalue weighted by atomic mass is 10.0. The molecule has 2 heteroatoms. The van der Waals surface area contributed by atoms with Crippen molar-refractivity contribution in [3.8, 4) is 0 Å². The van der Waals surface area contributed by atoms with Gasteiger partial charge in [-0.25, -0.2) is 0 Å². The summed E-state index contributed by atoms with van der Waals surface area (Å²) in [5.74, 6) is 0. The van der Waals surface area contributed by atoms with Gasteiger partial charge in [-0.3, -0.25) is 0 Å². The predicted molar refractivity (Wildman–Crippen MR) is 75.7 cm³/mol. The van der Waals surface area contributed by atoms with E-state index in [2.05, 4.69) is 67.0 Å². The van der Waals surface area contributed by atoms with Crippen LogP contribution >= 0.6 is 27.3 Å². The van der Waals surface area contributed by atoms with E-state index in [1.165, 1.54) is 26.4 Å². The smallest absolute Gasteiger partial charge is 0.0743 e. The van der Waals surface area contributed by atoms with Crippen molar-refractivity contribution in [1.29, 1.82) is 0 Å². The summed E-state index contributed by atoms with van der Waals surface area (Å²) in [6.07, 6.45) is 0. The fourth-order valence-electron chi connectivity index (χ4n) is 1.92. The highest BCUT2D eigenvalue weighted by Gasteiger charge is 2.16. The van der Waals surface area contributed by atoms with Gasteiger partial charge in [-0.15, -0.1) is 11.3 Å². The van der Waals surface area contributed by atoms with Crippen LogP contribution in [-0.2, 0) is 0 Å². The predicted octanol–water partition coefficient (Wildman–Crippen LogP) is 5.16. The van der Waals surface area contributed by atoms with Gasteiger partial charge >= 0.3 is 0 Å². The molecule has 1 heterocycles. The van der Waals surface area contributed by atoms with Crippen LogP contribution in [0, 0.1) is 20.8 Å². The molecule has 0 nitrogen and oxygen atoms in total. The first kappa shape index (κ1) is 11.9. The standard InChI is InChI=1S/C14H15BrS/c1-9-6-4-5-7-12(9)13(15)14-10(2)8-11(3)16-14/h4-8,13H,1-3H3.